The van der Waals surface area contributed by atoms with Gasteiger partial charge in [0.25, 0.3) is 0 Å². The van der Waals surface area contributed by atoms with Gasteiger partial charge in [-0.2, -0.15) is 0 Å². The Bertz CT molecular complexity index is 694. The van der Waals surface area contributed by atoms with Crippen molar-refractivity contribution in [1.82, 2.24) is 19.9 Å². The van der Waals surface area contributed by atoms with E-state index in [1.54, 1.807) is 0 Å². The van der Waals surface area contributed by atoms with Crippen LogP contribution in [-0.4, -0.2) is 33.7 Å². The van der Waals surface area contributed by atoms with Crippen LogP contribution >= 0.6 is 0 Å². The van der Waals surface area contributed by atoms with Crippen LogP contribution in [0.5, 0.6) is 0 Å². The maximum absolute atomic E-state index is 4.76. The average Bonchev–Trinajstić information content (AvgIpc) is 3.05. The molecule has 4 rings (SSSR count). The first kappa shape index (κ1) is 13.8. The molecule has 1 spiro atoms. The first-order valence-electron chi connectivity index (χ1n) is 8.03. The Morgan fingerprint density at radius 1 is 1.27 bits per heavy atom. The van der Waals surface area contributed by atoms with Gasteiger partial charge in [0.15, 0.2) is 0 Å². The van der Waals surface area contributed by atoms with Crippen LogP contribution < -0.4 is 10.6 Å². The SMILES string of the molecule is Cc1nc(N[C@@H]2CNCC23CC3)ccc1-c1cn(C)c(C)n1. The lowest BCUT2D eigenvalue weighted by atomic mass is 10.0. The standard InChI is InChI=1S/C17H23N5/c1-11-13(14-9-22(3)12(2)20-14)4-5-16(19-11)21-15-8-18-10-17(15)6-7-17/h4-5,9,15,18H,6-8,10H2,1-3H3,(H,19,21)/t15-/m1/s1. The fourth-order valence-electron chi connectivity index (χ4n) is 3.47. The summed E-state index contributed by atoms with van der Waals surface area (Å²) in [6.07, 6.45) is 4.73. The number of nitrogens with one attached hydrogen (secondary N) is 2. The van der Waals surface area contributed by atoms with Gasteiger partial charge in [-0.25, -0.2) is 9.97 Å². The van der Waals surface area contributed by atoms with Crippen LogP contribution in [0.25, 0.3) is 11.3 Å². The van der Waals surface area contributed by atoms with Crippen LogP contribution in [0.1, 0.15) is 24.4 Å². The van der Waals surface area contributed by atoms with Gasteiger partial charge >= 0.3 is 0 Å². The molecule has 1 aliphatic carbocycles. The molecule has 2 aromatic rings. The van der Waals surface area contributed by atoms with Gasteiger partial charge in [-0.15, -0.1) is 0 Å². The molecule has 0 unspecified atom stereocenters. The van der Waals surface area contributed by atoms with Crippen molar-refractivity contribution in [2.75, 3.05) is 18.4 Å². The summed E-state index contributed by atoms with van der Waals surface area (Å²) in [4.78, 5) is 9.36. The highest BCUT2D eigenvalue weighted by molar-refractivity contribution is 5.63. The summed E-state index contributed by atoms with van der Waals surface area (Å²) in [5.74, 6) is 2.00. The van der Waals surface area contributed by atoms with Gasteiger partial charge in [0, 0.05) is 49.0 Å². The third-order valence-corrected chi connectivity index (χ3v) is 5.25. The predicted octanol–water partition coefficient (Wildman–Crippen LogP) is 2.26. The van der Waals surface area contributed by atoms with Gasteiger partial charge in [0.1, 0.15) is 11.6 Å². The summed E-state index contributed by atoms with van der Waals surface area (Å²) in [5.41, 5.74) is 3.63. The number of rotatable bonds is 3. The molecule has 2 fully saturated rings. The van der Waals surface area contributed by atoms with E-state index in [0.717, 1.165) is 41.7 Å². The van der Waals surface area contributed by atoms with Gasteiger partial charge in [0.2, 0.25) is 0 Å². The lowest BCUT2D eigenvalue weighted by Crippen LogP contribution is -2.29. The minimum atomic E-state index is 0.492. The zero-order valence-electron chi connectivity index (χ0n) is 13.5. The maximum Gasteiger partial charge on any atom is 0.126 e. The lowest BCUT2D eigenvalue weighted by molar-refractivity contribution is 0.523. The molecule has 5 heteroatoms. The number of nitrogens with zero attached hydrogens (tertiary/aromatic N) is 3. The summed E-state index contributed by atoms with van der Waals surface area (Å²) in [6.45, 7) is 6.27. The van der Waals surface area contributed by atoms with Crippen LogP contribution in [0.4, 0.5) is 5.82 Å². The lowest BCUT2D eigenvalue weighted by Gasteiger charge is -2.20. The largest absolute Gasteiger partial charge is 0.365 e. The number of hydrogen-bond acceptors (Lipinski definition) is 4. The van der Waals surface area contributed by atoms with Crippen molar-refractivity contribution in [3.63, 3.8) is 0 Å². The second kappa shape index (κ2) is 4.81. The molecule has 116 valence electrons. The fraction of sp³-hybridized carbons (Fsp3) is 0.529. The van der Waals surface area contributed by atoms with Crippen LogP contribution in [-0.2, 0) is 7.05 Å². The Morgan fingerprint density at radius 2 is 2.09 bits per heavy atom. The smallest absolute Gasteiger partial charge is 0.126 e. The second-order valence-electron chi connectivity index (χ2n) is 6.80. The predicted molar refractivity (Wildman–Crippen MR) is 87.9 cm³/mol. The van der Waals surface area contributed by atoms with Crippen molar-refractivity contribution in [3.8, 4) is 11.3 Å². The Labute approximate surface area is 131 Å². The van der Waals surface area contributed by atoms with Crippen molar-refractivity contribution in [3.05, 3.63) is 29.8 Å². The Morgan fingerprint density at radius 3 is 2.73 bits per heavy atom. The van der Waals surface area contributed by atoms with Crippen molar-refractivity contribution >= 4 is 5.82 Å². The van der Waals surface area contributed by atoms with E-state index in [4.69, 9.17) is 4.98 Å². The zero-order valence-corrected chi connectivity index (χ0v) is 13.5. The summed E-state index contributed by atoms with van der Waals surface area (Å²) >= 11 is 0. The third-order valence-electron chi connectivity index (χ3n) is 5.25. The normalized spacial score (nSPS) is 22.2. The van der Waals surface area contributed by atoms with E-state index >= 15 is 0 Å². The van der Waals surface area contributed by atoms with Gasteiger partial charge in [0.05, 0.1) is 5.69 Å². The number of imidazole rings is 1. The quantitative estimate of drug-likeness (QED) is 0.912. The monoisotopic (exact) mass is 297 g/mol. The molecule has 2 N–H and O–H groups in total. The van der Waals surface area contributed by atoms with Crippen LogP contribution in [0.3, 0.4) is 0 Å². The first-order valence-corrected chi connectivity index (χ1v) is 8.03. The highest BCUT2D eigenvalue weighted by atomic mass is 15.1. The third kappa shape index (κ3) is 2.20. The summed E-state index contributed by atoms with van der Waals surface area (Å²) in [7, 11) is 2.02. The Kier molecular flexibility index (Phi) is 3.01. The molecule has 0 aromatic carbocycles. The van der Waals surface area contributed by atoms with Crippen LogP contribution in [0, 0.1) is 19.3 Å². The summed E-state index contributed by atoms with van der Waals surface area (Å²) in [5, 5.41) is 7.13. The van der Waals surface area contributed by atoms with Crippen molar-refractivity contribution in [2.24, 2.45) is 12.5 Å². The number of aryl methyl sites for hydroxylation is 3. The van der Waals surface area contributed by atoms with Gasteiger partial charge < -0.3 is 15.2 Å². The molecule has 0 amide bonds. The first-order chi connectivity index (χ1) is 10.6. The number of pyridine rings is 1. The molecule has 1 saturated carbocycles. The fourth-order valence-corrected chi connectivity index (χ4v) is 3.47. The van der Waals surface area contributed by atoms with Gasteiger partial charge in [-0.1, -0.05) is 0 Å². The van der Waals surface area contributed by atoms with Crippen molar-refractivity contribution in [1.29, 1.82) is 0 Å². The molecule has 0 radical (unpaired) electrons. The summed E-state index contributed by atoms with van der Waals surface area (Å²) < 4.78 is 2.04. The van der Waals surface area contributed by atoms with Crippen molar-refractivity contribution < 1.29 is 0 Å². The van der Waals surface area contributed by atoms with E-state index in [0.29, 0.717) is 11.5 Å². The molecule has 1 atom stereocenters. The van der Waals surface area contributed by atoms with Gasteiger partial charge in [-0.3, -0.25) is 0 Å². The minimum Gasteiger partial charge on any atom is -0.365 e. The molecule has 1 saturated heterocycles. The van der Waals surface area contributed by atoms with Gasteiger partial charge in [-0.05, 0) is 38.8 Å². The number of hydrogen-bond donors (Lipinski definition) is 2. The van der Waals surface area contributed by atoms with E-state index in [-0.39, 0.29) is 0 Å². The molecule has 2 aromatic heterocycles. The Balaban J connectivity index is 1.57. The minimum absolute atomic E-state index is 0.492. The van der Waals surface area contributed by atoms with E-state index in [1.165, 1.54) is 12.8 Å². The number of anilines is 1. The average molecular weight is 297 g/mol. The van der Waals surface area contributed by atoms with E-state index < -0.39 is 0 Å². The molecule has 3 heterocycles. The second-order valence-corrected chi connectivity index (χ2v) is 6.80. The van der Waals surface area contributed by atoms with Crippen LogP contribution in [0.2, 0.25) is 0 Å². The Hall–Kier alpha value is -1.88. The molecule has 22 heavy (non-hydrogen) atoms. The van der Waals surface area contributed by atoms with E-state index in [1.807, 2.05) is 18.5 Å². The highest BCUT2D eigenvalue weighted by Crippen LogP contribution is 2.51. The molecular weight excluding hydrogens is 274 g/mol. The molecule has 2 aliphatic rings. The molecule has 1 aliphatic heterocycles. The number of aromatic nitrogens is 3. The molecule has 0 bridgehead atoms. The van der Waals surface area contributed by atoms with E-state index in [9.17, 15) is 0 Å². The maximum atomic E-state index is 4.76. The zero-order chi connectivity index (χ0) is 15.3. The summed E-state index contributed by atoms with van der Waals surface area (Å²) in [6, 6.07) is 4.73. The van der Waals surface area contributed by atoms with Crippen LogP contribution in [0.15, 0.2) is 18.3 Å². The highest BCUT2D eigenvalue weighted by Gasteiger charge is 2.52. The molecule has 5 nitrogen and oxygen atoms in total. The topological polar surface area (TPSA) is 54.8 Å². The van der Waals surface area contributed by atoms with E-state index in [2.05, 4.69) is 40.9 Å². The van der Waals surface area contributed by atoms with Crippen molar-refractivity contribution in [2.45, 2.75) is 32.7 Å². The molecular formula is C17H23N5.